The third-order valence-electron chi connectivity index (χ3n) is 2.97. The van der Waals surface area contributed by atoms with Crippen molar-refractivity contribution in [1.29, 1.82) is 0 Å². The number of unbranched alkanes of at least 4 members (excludes halogenated alkanes) is 3. The first kappa shape index (κ1) is 16.5. The lowest BCUT2D eigenvalue weighted by molar-refractivity contribution is 0.522. The maximum Gasteiger partial charge on any atom is 0.240 e. The predicted octanol–water partition coefficient (Wildman–Crippen LogP) is 3.98. The van der Waals surface area contributed by atoms with E-state index >= 15 is 0 Å². The monoisotopic (exact) mass is 303 g/mol. The van der Waals surface area contributed by atoms with Crippen LogP contribution in [0.3, 0.4) is 0 Å². The molecule has 0 aliphatic rings. The molecule has 1 unspecified atom stereocenters. The molecule has 0 aliphatic carbocycles. The number of hydrogen-bond donors (Lipinski definition) is 1. The molecule has 0 saturated carbocycles. The van der Waals surface area contributed by atoms with Crippen LogP contribution in [-0.4, -0.2) is 14.5 Å². The summed E-state index contributed by atoms with van der Waals surface area (Å²) in [5.41, 5.74) is 0. The molecule has 1 atom stereocenters. The average Bonchev–Trinajstić information content (AvgIpc) is 2.34. The van der Waals surface area contributed by atoms with Crippen molar-refractivity contribution in [1.82, 2.24) is 4.72 Å². The molecule has 1 rings (SSSR count). The molecule has 1 aromatic carbocycles. The Labute approximate surface area is 121 Å². The summed E-state index contributed by atoms with van der Waals surface area (Å²) in [6.07, 6.45) is 5.47. The average molecular weight is 304 g/mol. The van der Waals surface area contributed by atoms with E-state index in [0.29, 0.717) is 5.02 Å². The summed E-state index contributed by atoms with van der Waals surface area (Å²) in [5, 5.41) is 0.534. The van der Waals surface area contributed by atoms with Gasteiger partial charge in [0.1, 0.15) is 0 Å². The summed E-state index contributed by atoms with van der Waals surface area (Å²) in [7, 11) is -3.43. The first-order valence-electron chi connectivity index (χ1n) is 6.73. The molecule has 1 N–H and O–H groups in total. The first-order valence-corrected chi connectivity index (χ1v) is 8.59. The van der Waals surface area contributed by atoms with Gasteiger partial charge in [0, 0.05) is 11.1 Å². The highest BCUT2D eigenvalue weighted by molar-refractivity contribution is 7.89. The van der Waals surface area contributed by atoms with Gasteiger partial charge in [0.25, 0.3) is 0 Å². The Bertz CT molecular complexity index is 471. The fourth-order valence-corrected chi connectivity index (χ4v) is 3.29. The molecule has 0 spiro atoms. The number of sulfonamides is 1. The lowest BCUT2D eigenvalue weighted by atomic mass is 10.1. The number of hydrogen-bond acceptors (Lipinski definition) is 2. The lowest BCUT2D eigenvalue weighted by Gasteiger charge is -2.14. The van der Waals surface area contributed by atoms with E-state index in [0.717, 1.165) is 19.3 Å². The van der Waals surface area contributed by atoms with Crippen molar-refractivity contribution >= 4 is 21.6 Å². The molecule has 0 saturated heterocycles. The second-order valence-corrected chi connectivity index (χ2v) is 6.98. The van der Waals surface area contributed by atoms with Crippen LogP contribution >= 0.6 is 11.6 Å². The van der Waals surface area contributed by atoms with Crippen molar-refractivity contribution < 1.29 is 8.42 Å². The number of benzene rings is 1. The minimum Gasteiger partial charge on any atom is -0.208 e. The van der Waals surface area contributed by atoms with Crippen molar-refractivity contribution in [2.45, 2.75) is 56.9 Å². The third-order valence-corrected chi connectivity index (χ3v) is 4.83. The SMILES string of the molecule is CCCCCCC(C)NS(=O)(=O)c1ccc(Cl)cc1. The molecular weight excluding hydrogens is 282 g/mol. The van der Waals surface area contributed by atoms with Crippen LogP contribution in [0.2, 0.25) is 5.02 Å². The van der Waals surface area contributed by atoms with Crippen LogP contribution in [0.15, 0.2) is 29.2 Å². The van der Waals surface area contributed by atoms with Crippen molar-refractivity contribution in [3.8, 4) is 0 Å². The molecule has 5 heteroatoms. The van der Waals surface area contributed by atoms with E-state index in [-0.39, 0.29) is 10.9 Å². The van der Waals surface area contributed by atoms with E-state index < -0.39 is 10.0 Å². The zero-order valence-corrected chi connectivity index (χ0v) is 13.1. The van der Waals surface area contributed by atoms with Crippen LogP contribution in [0.5, 0.6) is 0 Å². The molecule has 0 fully saturated rings. The van der Waals surface area contributed by atoms with Gasteiger partial charge in [-0.2, -0.15) is 0 Å². The van der Waals surface area contributed by atoms with Crippen molar-refractivity contribution in [2.75, 3.05) is 0 Å². The summed E-state index contributed by atoms with van der Waals surface area (Å²) in [5.74, 6) is 0. The minimum atomic E-state index is -3.43. The van der Waals surface area contributed by atoms with Gasteiger partial charge in [0.15, 0.2) is 0 Å². The Kier molecular flexibility index (Phi) is 6.83. The molecule has 0 amide bonds. The smallest absolute Gasteiger partial charge is 0.208 e. The molecule has 0 bridgehead atoms. The molecule has 0 aromatic heterocycles. The van der Waals surface area contributed by atoms with Gasteiger partial charge < -0.3 is 0 Å². The van der Waals surface area contributed by atoms with Gasteiger partial charge in [-0.1, -0.05) is 44.2 Å². The van der Waals surface area contributed by atoms with E-state index in [1.807, 2.05) is 6.92 Å². The third kappa shape index (κ3) is 5.93. The first-order chi connectivity index (χ1) is 8.95. The van der Waals surface area contributed by atoms with E-state index in [9.17, 15) is 8.42 Å². The molecule has 3 nitrogen and oxygen atoms in total. The maximum absolute atomic E-state index is 12.1. The van der Waals surface area contributed by atoms with Crippen LogP contribution in [0.1, 0.15) is 46.0 Å². The summed E-state index contributed by atoms with van der Waals surface area (Å²) in [4.78, 5) is 0.261. The van der Waals surface area contributed by atoms with Crippen molar-refractivity contribution in [3.63, 3.8) is 0 Å². The van der Waals surface area contributed by atoms with Crippen LogP contribution in [0.4, 0.5) is 0 Å². The highest BCUT2D eigenvalue weighted by atomic mass is 35.5. The highest BCUT2D eigenvalue weighted by Gasteiger charge is 2.16. The Morgan fingerprint density at radius 1 is 1.16 bits per heavy atom. The lowest BCUT2D eigenvalue weighted by Crippen LogP contribution is -2.32. The Balaban J connectivity index is 2.52. The molecule has 108 valence electrons. The van der Waals surface area contributed by atoms with E-state index in [4.69, 9.17) is 11.6 Å². The van der Waals surface area contributed by atoms with Crippen LogP contribution in [-0.2, 0) is 10.0 Å². The number of rotatable bonds is 8. The van der Waals surface area contributed by atoms with Gasteiger partial charge in [-0.3, -0.25) is 0 Å². The maximum atomic E-state index is 12.1. The Morgan fingerprint density at radius 2 is 1.79 bits per heavy atom. The normalized spacial score (nSPS) is 13.4. The van der Waals surface area contributed by atoms with Crippen LogP contribution < -0.4 is 4.72 Å². The van der Waals surface area contributed by atoms with E-state index in [1.165, 1.54) is 25.0 Å². The Morgan fingerprint density at radius 3 is 2.37 bits per heavy atom. The van der Waals surface area contributed by atoms with Crippen molar-refractivity contribution in [2.24, 2.45) is 0 Å². The van der Waals surface area contributed by atoms with Gasteiger partial charge in [-0.05, 0) is 37.6 Å². The quantitative estimate of drug-likeness (QED) is 0.738. The van der Waals surface area contributed by atoms with Gasteiger partial charge in [-0.15, -0.1) is 0 Å². The molecular formula is C14H22ClNO2S. The second-order valence-electron chi connectivity index (χ2n) is 4.83. The molecule has 1 aromatic rings. The van der Waals surface area contributed by atoms with Crippen LogP contribution in [0, 0.1) is 0 Å². The van der Waals surface area contributed by atoms with Gasteiger partial charge >= 0.3 is 0 Å². The number of halogens is 1. The zero-order chi connectivity index (χ0) is 14.3. The largest absolute Gasteiger partial charge is 0.240 e. The summed E-state index contributed by atoms with van der Waals surface area (Å²) < 4.78 is 26.9. The fraction of sp³-hybridized carbons (Fsp3) is 0.571. The fourth-order valence-electron chi connectivity index (χ4n) is 1.88. The summed E-state index contributed by atoms with van der Waals surface area (Å²) >= 11 is 5.75. The van der Waals surface area contributed by atoms with Gasteiger partial charge in [0.2, 0.25) is 10.0 Å². The van der Waals surface area contributed by atoms with Crippen molar-refractivity contribution in [3.05, 3.63) is 29.3 Å². The summed E-state index contributed by atoms with van der Waals surface area (Å²) in [6.45, 7) is 4.06. The predicted molar refractivity (Wildman–Crippen MR) is 80.0 cm³/mol. The Hall–Kier alpha value is -0.580. The van der Waals surface area contributed by atoms with Gasteiger partial charge in [0.05, 0.1) is 4.90 Å². The standard InChI is InChI=1S/C14H22ClNO2S/c1-3-4-5-6-7-12(2)16-19(17,18)14-10-8-13(15)9-11-14/h8-12,16H,3-7H2,1-2H3. The second kappa shape index (κ2) is 7.88. The molecule has 0 heterocycles. The van der Waals surface area contributed by atoms with E-state index in [2.05, 4.69) is 11.6 Å². The molecule has 0 aliphatic heterocycles. The van der Waals surface area contributed by atoms with Crippen LogP contribution in [0.25, 0.3) is 0 Å². The topological polar surface area (TPSA) is 46.2 Å². The molecule has 19 heavy (non-hydrogen) atoms. The van der Waals surface area contributed by atoms with Gasteiger partial charge in [-0.25, -0.2) is 13.1 Å². The number of nitrogens with one attached hydrogen (secondary N) is 1. The van der Waals surface area contributed by atoms with E-state index in [1.54, 1.807) is 12.1 Å². The highest BCUT2D eigenvalue weighted by Crippen LogP contribution is 2.15. The minimum absolute atomic E-state index is 0.0439. The molecule has 0 radical (unpaired) electrons. The zero-order valence-electron chi connectivity index (χ0n) is 11.5. The summed E-state index contributed by atoms with van der Waals surface area (Å²) in [6, 6.07) is 6.17.